The number of halogens is 1. The summed E-state index contributed by atoms with van der Waals surface area (Å²) in [5.41, 5.74) is 0. The molecule has 3 aliphatic heterocycles. The number of carbonyl (C=O) groups is 3. The summed E-state index contributed by atoms with van der Waals surface area (Å²) in [7, 11) is 0. The Hall–Kier alpha value is -1.06. The normalized spacial score (nSPS) is 34.5. The Bertz CT molecular complexity index is 737. The number of amides is 2. The van der Waals surface area contributed by atoms with Crippen molar-refractivity contribution in [1.82, 2.24) is 9.80 Å². The van der Waals surface area contributed by atoms with Gasteiger partial charge in [0.1, 0.15) is 6.04 Å². The van der Waals surface area contributed by atoms with Crippen LogP contribution < -0.4 is 0 Å². The van der Waals surface area contributed by atoms with Gasteiger partial charge in [-0.15, -0.1) is 18.3 Å². The maximum Gasteiger partial charge on any atom is 0.310 e. The molecule has 9 heteroatoms. The first kappa shape index (κ1) is 24.6. The van der Waals surface area contributed by atoms with E-state index in [2.05, 4.69) is 29.4 Å². The number of alkyl halides is 1. The van der Waals surface area contributed by atoms with Crippen LogP contribution in [0.4, 0.5) is 0 Å². The minimum absolute atomic E-state index is 0.0131. The smallest absolute Gasteiger partial charge is 0.310 e. The Morgan fingerprint density at radius 2 is 2.19 bits per heavy atom. The molecule has 3 heterocycles. The molecule has 0 aromatic heterocycles. The SMILES string of the molecule is C=CCN(CCCC)C(=O)C1N([C@H](C)CO)C(=O)[C@@H]2[C@H](C(=O)OCC)[C@H]3SC12CC3Br. The minimum Gasteiger partial charge on any atom is -0.466 e. The summed E-state index contributed by atoms with van der Waals surface area (Å²) in [6, 6.07) is -1.24. The van der Waals surface area contributed by atoms with E-state index in [1.807, 2.05) is 0 Å². The van der Waals surface area contributed by atoms with Crippen LogP contribution in [-0.4, -0.2) is 85.9 Å². The highest BCUT2D eigenvalue weighted by Gasteiger charge is 2.76. The van der Waals surface area contributed by atoms with Gasteiger partial charge in [-0.25, -0.2) is 0 Å². The molecule has 0 aromatic carbocycles. The molecule has 3 fully saturated rings. The number of carbonyl (C=O) groups excluding carboxylic acids is 3. The number of unbranched alkanes of at least 4 members (excludes halogenated alkanes) is 1. The van der Waals surface area contributed by atoms with Crippen molar-refractivity contribution in [1.29, 1.82) is 0 Å². The van der Waals surface area contributed by atoms with E-state index < -0.39 is 28.7 Å². The predicted molar refractivity (Wildman–Crippen MR) is 124 cm³/mol. The molecule has 2 bridgehead atoms. The Morgan fingerprint density at radius 1 is 1.48 bits per heavy atom. The third-order valence-electron chi connectivity index (χ3n) is 6.70. The number of hydrogen-bond acceptors (Lipinski definition) is 6. The van der Waals surface area contributed by atoms with Crippen LogP contribution in [0, 0.1) is 11.8 Å². The van der Waals surface area contributed by atoms with Gasteiger partial charge in [-0.2, -0.15) is 0 Å². The van der Waals surface area contributed by atoms with E-state index in [-0.39, 0.29) is 41.1 Å². The summed E-state index contributed by atoms with van der Waals surface area (Å²) in [5.74, 6) is -1.92. The molecule has 0 aromatic rings. The number of aliphatic hydroxyl groups excluding tert-OH is 1. The maximum absolute atomic E-state index is 13.9. The van der Waals surface area contributed by atoms with E-state index in [9.17, 15) is 19.5 Å². The zero-order valence-corrected chi connectivity index (χ0v) is 20.9. The zero-order valence-electron chi connectivity index (χ0n) is 18.5. The minimum atomic E-state index is -0.724. The summed E-state index contributed by atoms with van der Waals surface area (Å²) in [6.45, 7) is 10.4. The second-order valence-corrected chi connectivity index (χ2v) is 11.3. The van der Waals surface area contributed by atoms with Gasteiger partial charge in [0.15, 0.2) is 0 Å². The van der Waals surface area contributed by atoms with Crippen molar-refractivity contribution in [2.24, 2.45) is 11.8 Å². The van der Waals surface area contributed by atoms with Gasteiger partial charge in [0.05, 0.1) is 35.8 Å². The first-order valence-electron chi connectivity index (χ1n) is 11.1. The topological polar surface area (TPSA) is 87.2 Å². The van der Waals surface area contributed by atoms with Crippen LogP contribution in [0.1, 0.15) is 40.0 Å². The molecule has 7 nitrogen and oxygen atoms in total. The second-order valence-electron chi connectivity index (χ2n) is 8.62. The van der Waals surface area contributed by atoms with Crippen molar-refractivity contribution < 1.29 is 24.2 Å². The van der Waals surface area contributed by atoms with Gasteiger partial charge in [0.25, 0.3) is 0 Å². The number of thioether (sulfide) groups is 1. The number of fused-ring (bicyclic) bond motifs is 1. The number of esters is 1. The number of hydrogen-bond donors (Lipinski definition) is 1. The lowest BCUT2D eigenvalue weighted by molar-refractivity contribution is -0.154. The highest BCUT2D eigenvalue weighted by molar-refractivity contribution is 9.09. The van der Waals surface area contributed by atoms with E-state index in [0.29, 0.717) is 19.5 Å². The molecule has 2 amide bonds. The molecule has 174 valence electrons. The van der Waals surface area contributed by atoms with Crippen molar-refractivity contribution in [2.45, 2.75) is 66.9 Å². The van der Waals surface area contributed by atoms with Crippen molar-refractivity contribution in [2.75, 3.05) is 26.3 Å². The largest absolute Gasteiger partial charge is 0.466 e. The summed E-state index contributed by atoms with van der Waals surface area (Å²) in [6.07, 6.45) is 4.12. The highest BCUT2D eigenvalue weighted by atomic mass is 79.9. The number of nitrogens with zero attached hydrogens (tertiary/aromatic N) is 2. The molecule has 31 heavy (non-hydrogen) atoms. The van der Waals surface area contributed by atoms with Gasteiger partial charge in [-0.05, 0) is 26.7 Å². The molecule has 0 aliphatic carbocycles. The number of aliphatic hydroxyl groups is 1. The summed E-state index contributed by atoms with van der Waals surface area (Å²) >= 11 is 5.30. The molecule has 7 atom stereocenters. The first-order chi connectivity index (χ1) is 14.8. The van der Waals surface area contributed by atoms with E-state index in [4.69, 9.17) is 4.74 Å². The molecular formula is C22H33BrN2O5S. The van der Waals surface area contributed by atoms with Crippen LogP contribution in [0.3, 0.4) is 0 Å². The highest BCUT2D eigenvalue weighted by Crippen LogP contribution is 2.68. The molecule has 0 saturated carbocycles. The number of rotatable bonds is 10. The summed E-state index contributed by atoms with van der Waals surface area (Å²) < 4.78 is 4.63. The summed E-state index contributed by atoms with van der Waals surface area (Å²) in [4.78, 5) is 43.8. The fraction of sp³-hybridized carbons (Fsp3) is 0.773. The van der Waals surface area contributed by atoms with Crippen molar-refractivity contribution in [3.8, 4) is 0 Å². The molecule has 3 unspecified atom stereocenters. The van der Waals surface area contributed by atoms with Gasteiger partial charge in [-0.3, -0.25) is 14.4 Å². The van der Waals surface area contributed by atoms with E-state index in [0.717, 1.165) is 12.8 Å². The lowest BCUT2D eigenvalue weighted by Gasteiger charge is -2.39. The van der Waals surface area contributed by atoms with Gasteiger partial charge < -0.3 is 19.6 Å². The van der Waals surface area contributed by atoms with Crippen LogP contribution >= 0.6 is 27.7 Å². The van der Waals surface area contributed by atoms with Gasteiger partial charge in [-0.1, -0.05) is 35.4 Å². The second kappa shape index (κ2) is 9.83. The first-order valence-corrected chi connectivity index (χ1v) is 12.9. The van der Waals surface area contributed by atoms with Gasteiger partial charge in [0.2, 0.25) is 11.8 Å². The van der Waals surface area contributed by atoms with Crippen LogP contribution in [0.2, 0.25) is 0 Å². The number of ether oxygens (including phenoxy) is 1. The molecule has 3 aliphatic rings. The summed E-state index contributed by atoms with van der Waals surface area (Å²) in [5, 5.41) is 9.78. The molecule has 0 radical (unpaired) electrons. The van der Waals surface area contributed by atoms with Gasteiger partial charge >= 0.3 is 5.97 Å². The van der Waals surface area contributed by atoms with Crippen LogP contribution in [0.5, 0.6) is 0 Å². The van der Waals surface area contributed by atoms with E-state index in [1.54, 1.807) is 41.5 Å². The Morgan fingerprint density at radius 3 is 2.77 bits per heavy atom. The van der Waals surface area contributed by atoms with Crippen LogP contribution in [0.15, 0.2) is 12.7 Å². The third kappa shape index (κ3) is 3.95. The van der Waals surface area contributed by atoms with E-state index in [1.165, 1.54) is 0 Å². The van der Waals surface area contributed by atoms with Crippen molar-refractivity contribution >= 4 is 45.5 Å². The average Bonchev–Trinajstić information content (AvgIpc) is 3.33. The fourth-order valence-corrected chi connectivity index (χ4v) is 8.97. The van der Waals surface area contributed by atoms with Crippen LogP contribution in [0.25, 0.3) is 0 Å². The zero-order chi connectivity index (χ0) is 22.9. The number of likely N-dealkylation sites (tertiary alicyclic amines) is 1. The lowest BCUT2D eigenvalue weighted by atomic mass is 9.71. The quantitative estimate of drug-likeness (QED) is 0.272. The third-order valence-corrected chi connectivity index (χ3v) is 9.92. The molecular weight excluding hydrogens is 484 g/mol. The van der Waals surface area contributed by atoms with Gasteiger partial charge in [0, 0.05) is 23.2 Å². The lowest BCUT2D eigenvalue weighted by Crippen LogP contribution is -2.57. The molecule has 1 spiro atoms. The van der Waals surface area contributed by atoms with Crippen molar-refractivity contribution in [3.05, 3.63) is 12.7 Å². The molecule has 3 saturated heterocycles. The monoisotopic (exact) mass is 516 g/mol. The Balaban J connectivity index is 2.06. The van der Waals surface area contributed by atoms with E-state index >= 15 is 0 Å². The van der Waals surface area contributed by atoms with Crippen molar-refractivity contribution in [3.63, 3.8) is 0 Å². The standard InChI is InChI=1S/C22H33BrN2O5S/c1-5-8-10-24(9-6-2)20(28)18-22-11-14(23)17(31-22)15(21(29)30-7-3)16(22)19(27)25(18)13(4)12-26/h6,13-18,26H,2,5,7-12H2,1,3-4H3/t13-,14?,15+,16+,17+,18?,22?/m1/s1. The maximum atomic E-state index is 13.9. The molecule has 3 rings (SSSR count). The average molecular weight is 517 g/mol. The Labute approximate surface area is 197 Å². The Kier molecular flexibility index (Phi) is 7.79. The predicted octanol–water partition coefficient (Wildman–Crippen LogP) is 2.21. The fourth-order valence-electron chi connectivity index (χ4n) is 5.39. The molecule has 1 N–H and O–H groups in total. The van der Waals surface area contributed by atoms with Crippen LogP contribution in [-0.2, 0) is 19.1 Å².